The molecule has 1 saturated carbocycles. The van der Waals surface area contributed by atoms with E-state index in [0.29, 0.717) is 19.3 Å². The third kappa shape index (κ3) is 4.11. The lowest BCUT2D eigenvalue weighted by Gasteiger charge is -2.41. The number of ketones is 1. The minimum Gasteiger partial charge on any atom is -0.364 e. The van der Waals surface area contributed by atoms with E-state index in [1.165, 1.54) is 4.90 Å². The number of alkyl halides is 4. The molecule has 4 unspecified atom stereocenters. The number of hydrogen-bond donors (Lipinski definition) is 1. The van der Waals surface area contributed by atoms with Crippen LogP contribution in [0.15, 0.2) is 60.7 Å². The average molecular weight is 633 g/mol. The molecular weight excluding hydrogens is 605 g/mol. The molecule has 41 heavy (non-hydrogen) atoms. The summed E-state index contributed by atoms with van der Waals surface area (Å²) in [6.45, 7) is 3.58. The van der Waals surface area contributed by atoms with Crippen molar-refractivity contribution < 1.29 is 37.2 Å². The quantitative estimate of drug-likeness (QED) is 0.179. The first-order valence-electron chi connectivity index (χ1n) is 13.3. The van der Waals surface area contributed by atoms with Crippen LogP contribution in [0.2, 0.25) is 0 Å². The standard InChI is InChI=1S/C30H28BrF3N2O5/c1-27-20(18-12-6-3-7-13-18)21(19-14-8-4-9-15-19)28(2,24(27)38)29(31)22(27)23(37)36(25(29)39)17-11-5-10-16-35-41-26(40)30(32,33)34/h3-4,6-9,12-15,22,35H,5,10-11,16-17H2,1-2H3. The largest absolute Gasteiger partial charge is 0.492 e. The van der Waals surface area contributed by atoms with Crippen molar-refractivity contribution in [3.05, 3.63) is 71.8 Å². The van der Waals surface area contributed by atoms with Crippen LogP contribution in [0.1, 0.15) is 44.2 Å². The Hall–Kier alpha value is -3.31. The molecule has 0 radical (unpaired) electrons. The second-order valence-corrected chi connectivity index (χ2v) is 12.2. The number of imide groups is 1. The number of nitrogens with one attached hydrogen (secondary N) is 1. The van der Waals surface area contributed by atoms with Gasteiger partial charge in [-0.3, -0.25) is 19.3 Å². The summed E-state index contributed by atoms with van der Waals surface area (Å²) in [6.07, 6.45) is -3.91. The highest BCUT2D eigenvalue weighted by molar-refractivity contribution is 9.10. The summed E-state index contributed by atoms with van der Waals surface area (Å²) in [4.78, 5) is 58.3. The molecule has 5 rings (SSSR count). The van der Waals surface area contributed by atoms with Crippen LogP contribution < -0.4 is 5.48 Å². The summed E-state index contributed by atoms with van der Waals surface area (Å²) in [6, 6.07) is 18.9. The van der Waals surface area contributed by atoms with Gasteiger partial charge in [-0.25, -0.2) is 4.79 Å². The number of carbonyl (C=O) groups is 4. The van der Waals surface area contributed by atoms with Gasteiger partial charge in [0.25, 0.3) is 0 Å². The highest BCUT2D eigenvalue weighted by atomic mass is 79.9. The zero-order valence-corrected chi connectivity index (χ0v) is 24.0. The first-order chi connectivity index (χ1) is 19.3. The van der Waals surface area contributed by atoms with Crippen LogP contribution in [0, 0.1) is 16.7 Å². The fourth-order valence-corrected chi connectivity index (χ4v) is 8.13. The molecule has 11 heteroatoms. The van der Waals surface area contributed by atoms with Gasteiger partial charge < -0.3 is 4.84 Å². The first kappa shape index (κ1) is 29.2. The molecule has 2 aliphatic carbocycles. The van der Waals surface area contributed by atoms with Crippen LogP contribution in [0.5, 0.6) is 0 Å². The first-order valence-corrected chi connectivity index (χ1v) is 14.1. The minimum atomic E-state index is -5.09. The van der Waals surface area contributed by atoms with Crippen molar-refractivity contribution in [1.82, 2.24) is 10.4 Å². The second kappa shape index (κ2) is 10.2. The fourth-order valence-electron chi connectivity index (χ4n) is 6.89. The monoisotopic (exact) mass is 632 g/mol. The van der Waals surface area contributed by atoms with Gasteiger partial charge in [-0.05, 0) is 49.0 Å². The van der Waals surface area contributed by atoms with Crippen LogP contribution in [-0.4, -0.2) is 52.1 Å². The van der Waals surface area contributed by atoms with Gasteiger partial charge in [0, 0.05) is 13.1 Å². The number of likely N-dealkylation sites (tertiary alicyclic amines) is 1. The number of rotatable bonds is 9. The van der Waals surface area contributed by atoms with Gasteiger partial charge in [-0.15, -0.1) is 0 Å². The van der Waals surface area contributed by atoms with E-state index >= 15 is 0 Å². The number of carbonyl (C=O) groups excluding carboxylic acids is 4. The van der Waals surface area contributed by atoms with Crippen molar-refractivity contribution in [3.8, 4) is 0 Å². The van der Waals surface area contributed by atoms with E-state index in [4.69, 9.17) is 0 Å². The van der Waals surface area contributed by atoms with Crippen LogP contribution in [-0.2, 0) is 24.0 Å². The Morgan fingerprint density at radius 3 is 2.05 bits per heavy atom. The molecule has 1 N–H and O–H groups in total. The number of benzene rings is 2. The van der Waals surface area contributed by atoms with Gasteiger partial charge in [-0.1, -0.05) is 83.0 Å². The summed E-state index contributed by atoms with van der Waals surface area (Å²) in [5.41, 5.74) is 2.49. The summed E-state index contributed by atoms with van der Waals surface area (Å²) >= 11 is 3.70. The molecule has 2 amide bonds. The molecule has 2 fully saturated rings. The van der Waals surface area contributed by atoms with Gasteiger partial charge in [0.2, 0.25) is 11.8 Å². The maximum absolute atomic E-state index is 14.4. The number of unbranched alkanes of at least 4 members (excludes halogenated alkanes) is 2. The van der Waals surface area contributed by atoms with E-state index in [1.807, 2.05) is 66.1 Å². The Morgan fingerprint density at radius 2 is 1.49 bits per heavy atom. The number of Topliss-reactive ketones (excluding diaryl/α,β-unsaturated/α-hetero) is 1. The van der Waals surface area contributed by atoms with E-state index in [-0.39, 0.29) is 18.9 Å². The van der Waals surface area contributed by atoms with Crippen LogP contribution >= 0.6 is 15.9 Å². The van der Waals surface area contributed by atoms with Crippen molar-refractivity contribution in [2.75, 3.05) is 13.1 Å². The van der Waals surface area contributed by atoms with Crippen molar-refractivity contribution in [3.63, 3.8) is 0 Å². The fraction of sp³-hybridized carbons (Fsp3) is 0.400. The Balaban J connectivity index is 1.40. The molecule has 0 spiro atoms. The molecule has 2 bridgehead atoms. The molecule has 0 aromatic heterocycles. The van der Waals surface area contributed by atoms with Crippen molar-refractivity contribution in [2.24, 2.45) is 16.7 Å². The molecule has 2 aromatic rings. The lowest BCUT2D eigenvalue weighted by Crippen LogP contribution is -2.50. The van der Waals surface area contributed by atoms with Crippen molar-refractivity contribution >= 4 is 50.6 Å². The van der Waals surface area contributed by atoms with E-state index in [2.05, 4.69) is 20.8 Å². The van der Waals surface area contributed by atoms with Gasteiger partial charge in [-0.2, -0.15) is 18.7 Å². The molecule has 1 aliphatic heterocycles. The number of nitrogens with zero attached hydrogens (tertiary/aromatic N) is 1. The van der Waals surface area contributed by atoms with Crippen molar-refractivity contribution in [1.29, 1.82) is 0 Å². The second-order valence-electron chi connectivity index (χ2n) is 10.9. The third-order valence-electron chi connectivity index (χ3n) is 8.65. The zero-order chi connectivity index (χ0) is 29.8. The molecular formula is C30H28BrF3N2O5. The lowest BCUT2D eigenvalue weighted by molar-refractivity contribution is -0.206. The normalized spacial score (nSPS) is 29.0. The predicted molar refractivity (Wildman–Crippen MR) is 147 cm³/mol. The maximum atomic E-state index is 14.4. The molecule has 1 saturated heterocycles. The van der Waals surface area contributed by atoms with E-state index in [9.17, 15) is 32.3 Å². The Morgan fingerprint density at radius 1 is 0.927 bits per heavy atom. The summed E-state index contributed by atoms with van der Waals surface area (Å²) in [5, 5.41) is 0. The van der Waals surface area contributed by atoms with Crippen molar-refractivity contribution in [2.45, 2.75) is 43.6 Å². The Bertz CT molecular complexity index is 1450. The van der Waals surface area contributed by atoms with E-state index < -0.39 is 45.0 Å². The lowest BCUT2D eigenvalue weighted by atomic mass is 9.63. The number of allylic oxidation sites excluding steroid dienone is 2. The Kier molecular flexibility index (Phi) is 7.26. The molecule has 2 aromatic carbocycles. The van der Waals surface area contributed by atoms with Gasteiger partial charge >= 0.3 is 12.1 Å². The van der Waals surface area contributed by atoms with E-state index in [1.54, 1.807) is 13.8 Å². The third-order valence-corrected chi connectivity index (χ3v) is 10.2. The number of halogens is 4. The van der Waals surface area contributed by atoms with Gasteiger partial charge in [0.15, 0.2) is 5.78 Å². The molecule has 216 valence electrons. The highest BCUT2D eigenvalue weighted by Gasteiger charge is 2.85. The van der Waals surface area contributed by atoms with Crippen LogP contribution in [0.4, 0.5) is 13.2 Å². The van der Waals surface area contributed by atoms with E-state index in [0.717, 1.165) is 22.3 Å². The molecule has 4 atom stereocenters. The van der Waals surface area contributed by atoms with Crippen LogP contribution in [0.3, 0.4) is 0 Å². The van der Waals surface area contributed by atoms with Gasteiger partial charge in [0.1, 0.15) is 4.32 Å². The summed E-state index contributed by atoms with van der Waals surface area (Å²) in [5.74, 6) is -4.35. The highest BCUT2D eigenvalue weighted by Crippen LogP contribution is 2.77. The summed E-state index contributed by atoms with van der Waals surface area (Å²) in [7, 11) is 0. The zero-order valence-electron chi connectivity index (χ0n) is 22.4. The summed E-state index contributed by atoms with van der Waals surface area (Å²) < 4.78 is 35.2. The predicted octanol–water partition coefficient (Wildman–Crippen LogP) is 5.11. The molecule has 1 heterocycles. The molecule has 7 nitrogen and oxygen atoms in total. The van der Waals surface area contributed by atoms with Gasteiger partial charge in [0.05, 0.1) is 16.7 Å². The Labute approximate surface area is 243 Å². The number of amides is 2. The average Bonchev–Trinajstić information content (AvgIpc) is 3.32. The smallest absolute Gasteiger partial charge is 0.364 e. The maximum Gasteiger partial charge on any atom is 0.492 e. The van der Waals surface area contributed by atoms with Crippen LogP contribution in [0.25, 0.3) is 11.1 Å². The minimum absolute atomic E-state index is 0.0237. The number of hydroxylamine groups is 1. The number of hydrogen-bond acceptors (Lipinski definition) is 6. The SMILES string of the molecule is CC12C(=O)C(C)(C(c3ccccc3)=C1c1ccccc1)C1(Br)C(=O)N(CCCCCNOC(=O)C(F)(F)F)C(=O)C21. The number of fused-ring (bicyclic) bond motifs is 5. The topological polar surface area (TPSA) is 92.8 Å². The molecule has 3 aliphatic rings.